The molecule has 0 bridgehead atoms. The minimum Gasteiger partial charge on any atom is -0.394 e. The molecule has 1 aliphatic rings. The maximum absolute atomic E-state index is 9.51. The number of aliphatic hydroxyl groups excluding tert-OH is 1. The summed E-state index contributed by atoms with van der Waals surface area (Å²) in [6, 6.07) is 7.96. The Morgan fingerprint density at radius 2 is 1.96 bits per heavy atom. The maximum atomic E-state index is 9.51. The molecule has 1 saturated heterocycles. The molecule has 1 aromatic heterocycles. The van der Waals surface area contributed by atoms with E-state index in [0.717, 1.165) is 36.2 Å². The van der Waals surface area contributed by atoms with Crippen LogP contribution in [-0.2, 0) is 4.74 Å². The minimum absolute atomic E-state index is 0.0151. The second-order valence-corrected chi connectivity index (χ2v) is 6.48. The van der Waals surface area contributed by atoms with Crippen molar-refractivity contribution < 1.29 is 9.84 Å². The molecular weight excluding hydrogens is 304 g/mol. The lowest BCUT2D eigenvalue weighted by Crippen LogP contribution is -2.46. The number of nitrogens with one attached hydrogen (secondary N) is 1. The van der Waals surface area contributed by atoms with E-state index in [4.69, 9.17) is 14.7 Å². The first kappa shape index (κ1) is 16.9. The summed E-state index contributed by atoms with van der Waals surface area (Å²) >= 11 is 0. The minimum atomic E-state index is -0.0151. The van der Waals surface area contributed by atoms with Crippen LogP contribution < -0.4 is 10.2 Å². The quantitative estimate of drug-likeness (QED) is 0.877. The highest BCUT2D eigenvalue weighted by Gasteiger charge is 2.25. The first-order chi connectivity index (χ1) is 11.6. The van der Waals surface area contributed by atoms with Gasteiger partial charge in [0.1, 0.15) is 5.82 Å². The summed E-state index contributed by atoms with van der Waals surface area (Å²) in [5.74, 6) is 1.49. The molecule has 130 valence electrons. The maximum Gasteiger partial charge on any atom is 0.228 e. The van der Waals surface area contributed by atoms with E-state index in [2.05, 4.69) is 24.1 Å². The Hall–Kier alpha value is -1.92. The van der Waals surface area contributed by atoms with Crippen LogP contribution in [0, 0.1) is 0 Å². The van der Waals surface area contributed by atoms with Gasteiger partial charge in [-0.15, -0.1) is 0 Å². The third kappa shape index (κ3) is 3.60. The van der Waals surface area contributed by atoms with Gasteiger partial charge >= 0.3 is 0 Å². The van der Waals surface area contributed by atoms with Gasteiger partial charge in [-0.3, -0.25) is 0 Å². The summed E-state index contributed by atoms with van der Waals surface area (Å²) in [5.41, 5.74) is 0.907. The summed E-state index contributed by atoms with van der Waals surface area (Å²) in [6.07, 6.45) is 1.14. The number of benzene rings is 1. The van der Waals surface area contributed by atoms with Gasteiger partial charge in [-0.05, 0) is 32.4 Å². The summed E-state index contributed by atoms with van der Waals surface area (Å²) in [6.45, 7) is 7.82. The number of ether oxygens (including phenoxy) is 1. The fourth-order valence-electron chi connectivity index (χ4n) is 3.13. The fourth-order valence-corrected chi connectivity index (χ4v) is 3.13. The zero-order valence-electron chi connectivity index (χ0n) is 14.6. The highest BCUT2D eigenvalue weighted by atomic mass is 16.5. The molecule has 2 heterocycles. The molecule has 0 radical (unpaired) electrons. The second-order valence-electron chi connectivity index (χ2n) is 6.48. The smallest absolute Gasteiger partial charge is 0.228 e. The van der Waals surface area contributed by atoms with Crippen molar-refractivity contribution in [2.24, 2.45) is 0 Å². The molecule has 3 atom stereocenters. The highest BCUT2D eigenvalue weighted by molar-refractivity contribution is 5.90. The Bertz CT molecular complexity index is 680. The van der Waals surface area contributed by atoms with E-state index < -0.39 is 0 Å². The van der Waals surface area contributed by atoms with Crippen molar-refractivity contribution in [3.8, 4) is 0 Å². The molecule has 3 rings (SSSR count). The van der Waals surface area contributed by atoms with Crippen molar-refractivity contribution in [1.29, 1.82) is 0 Å². The Balaban J connectivity index is 1.99. The fraction of sp³-hybridized carbons (Fsp3) is 0.556. The first-order valence-electron chi connectivity index (χ1n) is 8.65. The predicted octanol–water partition coefficient (Wildman–Crippen LogP) is 2.43. The van der Waals surface area contributed by atoms with Crippen LogP contribution in [0.4, 0.5) is 11.8 Å². The van der Waals surface area contributed by atoms with Gasteiger partial charge in [0, 0.05) is 18.5 Å². The largest absolute Gasteiger partial charge is 0.394 e. The van der Waals surface area contributed by atoms with Gasteiger partial charge in [0.25, 0.3) is 0 Å². The van der Waals surface area contributed by atoms with Crippen LogP contribution >= 0.6 is 0 Å². The number of morpholine rings is 1. The molecule has 3 unspecified atom stereocenters. The van der Waals surface area contributed by atoms with Gasteiger partial charge < -0.3 is 20.1 Å². The van der Waals surface area contributed by atoms with Crippen LogP contribution in [0.15, 0.2) is 24.3 Å². The van der Waals surface area contributed by atoms with Crippen LogP contribution in [0.1, 0.15) is 27.2 Å². The molecule has 1 fully saturated rings. The molecule has 0 aliphatic carbocycles. The molecule has 1 aromatic carbocycles. The topological polar surface area (TPSA) is 70.5 Å². The average Bonchev–Trinajstić information content (AvgIpc) is 2.58. The van der Waals surface area contributed by atoms with Crippen LogP contribution in [-0.4, -0.2) is 53.0 Å². The molecule has 24 heavy (non-hydrogen) atoms. The Labute approximate surface area is 142 Å². The number of hydrogen-bond acceptors (Lipinski definition) is 6. The standard InChI is InChI=1S/C18H26N4O2/c1-4-14(11-23)19-17-15-7-5-6-8-16(15)20-18(21-17)22-9-12(2)24-13(3)10-22/h5-8,12-14,23H,4,9-11H2,1-3H3,(H,19,20,21). The summed E-state index contributed by atoms with van der Waals surface area (Å²) in [7, 11) is 0. The van der Waals surface area contributed by atoms with E-state index in [1.165, 1.54) is 0 Å². The normalized spacial score (nSPS) is 22.6. The van der Waals surface area contributed by atoms with Gasteiger partial charge in [-0.25, -0.2) is 4.98 Å². The van der Waals surface area contributed by atoms with Crippen LogP contribution in [0.2, 0.25) is 0 Å². The van der Waals surface area contributed by atoms with Gasteiger partial charge in [0.2, 0.25) is 5.95 Å². The molecule has 0 spiro atoms. The second kappa shape index (κ2) is 7.32. The van der Waals surface area contributed by atoms with E-state index in [1.807, 2.05) is 31.2 Å². The molecule has 1 aliphatic heterocycles. The zero-order valence-corrected chi connectivity index (χ0v) is 14.6. The van der Waals surface area contributed by atoms with Gasteiger partial charge in [0.15, 0.2) is 0 Å². The summed E-state index contributed by atoms with van der Waals surface area (Å²) < 4.78 is 5.81. The van der Waals surface area contributed by atoms with E-state index in [1.54, 1.807) is 0 Å². The van der Waals surface area contributed by atoms with E-state index in [9.17, 15) is 5.11 Å². The van der Waals surface area contributed by atoms with Gasteiger partial charge in [-0.1, -0.05) is 19.1 Å². The lowest BCUT2D eigenvalue weighted by molar-refractivity contribution is -0.00569. The Morgan fingerprint density at radius 1 is 1.25 bits per heavy atom. The summed E-state index contributed by atoms with van der Waals surface area (Å²) in [4.78, 5) is 11.7. The third-order valence-electron chi connectivity index (χ3n) is 4.35. The van der Waals surface area contributed by atoms with Crippen molar-refractivity contribution in [2.75, 3.05) is 29.9 Å². The van der Waals surface area contributed by atoms with Crippen molar-refractivity contribution >= 4 is 22.7 Å². The third-order valence-corrected chi connectivity index (χ3v) is 4.35. The molecular formula is C18H26N4O2. The van der Waals surface area contributed by atoms with Crippen LogP contribution in [0.25, 0.3) is 10.9 Å². The number of hydrogen-bond donors (Lipinski definition) is 2. The number of anilines is 2. The number of para-hydroxylation sites is 1. The van der Waals surface area contributed by atoms with Crippen molar-refractivity contribution in [3.63, 3.8) is 0 Å². The van der Waals surface area contributed by atoms with Crippen molar-refractivity contribution in [3.05, 3.63) is 24.3 Å². The molecule has 6 heteroatoms. The molecule has 6 nitrogen and oxygen atoms in total. The lowest BCUT2D eigenvalue weighted by atomic mass is 10.2. The monoisotopic (exact) mass is 330 g/mol. The summed E-state index contributed by atoms with van der Waals surface area (Å²) in [5, 5.41) is 13.9. The van der Waals surface area contributed by atoms with E-state index in [0.29, 0.717) is 5.95 Å². The number of fused-ring (bicyclic) bond motifs is 1. The highest BCUT2D eigenvalue weighted by Crippen LogP contribution is 2.26. The van der Waals surface area contributed by atoms with Gasteiger partial charge in [-0.2, -0.15) is 4.98 Å². The number of nitrogens with zero attached hydrogens (tertiary/aromatic N) is 3. The Morgan fingerprint density at radius 3 is 2.62 bits per heavy atom. The molecule has 0 saturated carbocycles. The Kier molecular flexibility index (Phi) is 5.16. The number of rotatable bonds is 5. The van der Waals surface area contributed by atoms with Gasteiger partial charge in [0.05, 0.1) is 30.4 Å². The van der Waals surface area contributed by atoms with Crippen LogP contribution in [0.3, 0.4) is 0 Å². The van der Waals surface area contributed by atoms with E-state index >= 15 is 0 Å². The molecule has 0 amide bonds. The van der Waals surface area contributed by atoms with Crippen LogP contribution in [0.5, 0.6) is 0 Å². The zero-order chi connectivity index (χ0) is 17.1. The molecule has 2 N–H and O–H groups in total. The number of aliphatic hydroxyl groups is 1. The first-order valence-corrected chi connectivity index (χ1v) is 8.65. The lowest BCUT2D eigenvalue weighted by Gasteiger charge is -2.35. The van der Waals surface area contributed by atoms with E-state index in [-0.39, 0.29) is 24.9 Å². The SMILES string of the molecule is CCC(CO)Nc1nc(N2CC(C)OC(C)C2)nc2ccccc12. The van der Waals surface area contributed by atoms with Crippen molar-refractivity contribution in [1.82, 2.24) is 9.97 Å². The number of aromatic nitrogens is 2. The predicted molar refractivity (Wildman–Crippen MR) is 96.5 cm³/mol. The average molecular weight is 330 g/mol. The van der Waals surface area contributed by atoms with Crippen molar-refractivity contribution in [2.45, 2.75) is 45.4 Å². The molecule has 2 aromatic rings.